The van der Waals surface area contributed by atoms with E-state index in [4.69, 9.17) is 9.47 Å². The maximum Gasteiger partial charge on any atom is 0.338 e. The van der Waals surface area contributed by atoms with Crippen LogP contribution in [0.15, 0.2) is 23.1 Å². The average molecular weight is 396 g/mol. The molecule has 9 heteroatoms. The minimum atomic E-state index is -3.71. The molecule has 148 valence electrons. The Morgan fingerprint density at radius 1 is 1.11 bits per heavy atom. The average Bonchev–Trinajstić information content (AvgIpc) is 3.21. The van der Waals surface area contributed by atoms with Crippen LogP contribution in [0.2, 0.25) is 0 Å². The molecule has 2 aliphatic heterocycles. The van der Waals surface area contributed by atoms with Crippen molar-refractivity contribution in [2.45, 2.75) is 24.7 Å². The molecule has 0 radical (unpaired) electrons. The molecule has 0 saturated carbocycles. The largest absolute Gasteiger partial charge is 0.452 e. The highest BCUT2D eigenvalue weighted by Gasteiger charge is 2.28. The molecule has 2 aliphatic rings. The number of likely N-dealkylation sites (tertiary alicyclic amines) is 1. The highest BCUT2D eigenvalue weighted by atomic mass is 32.2. The number of carbonyl (C=O) groups is 2. The lowest BCUT2D eigenvalue weighted by Crippen LogP contribution is -2.40. The Kier molecular flexibility index (Phi) is 6.13. The van der Waals surface area contributed by atoms with Gasteiger partial charge in [0.15, 0.2) is 6.61 Å². The van der Waals surface area contributed by atoms with Gasteiger partial charge in [0, 0.05) is 26.2 Å². The number of hydrogen-bond donors (Lipinski definition) is 0. The van der Waals surface area contributed by atoms with Gasteiger partial charge < -0.3 is 14.4 Å². The maximum absolute atomic E-state index is 12.8. The summed E-state index contributed by atoms with van der Waals surface area (Å²) in [6.07, 6.45) is 1.92. The first kappa shape index (κ1) is 19.8. The van der Waals surface area contributed by atoms with Crippen molar-refractivity contribution in [1.29, 1.82) is 0 Å². The van der Waals surface area contributed by atoms with Crippen molar-refractivity contribution >= 4 is 21.9 Å². The van der Waals surface area contributed by atoms with Gasteiger partial charge in [0.25, 0.3) is 5.91 Å². The van der Waals surface area contributed by atoms with Crippen molar-refractivity contribution in [3.8, 4) is 0 Å². The summed E-state index contributed by atoms with van der Waals surface area (Å²) in [4.78, 5) is 26.2. The fourth-order valence-electron chi connectivity index (χ4n) is 3.18. The third-order valence-corrected chi connectivity index (χ3v) is 6.72. The lowest BCUT2D eigenvalue weighted by molar-refractivity contribution is -0.133. The van der Waals surface area contributed by atoms with Crippen LogP contribution in [0.5, 0.6) is 0 Å². The van der Waals surface area contributed by atoms with E-state index in [1.165, 1.54) is 16.4 Å². The Morgan fingerprint density at radius 3 is 2.44 bits per heavy atom. The van der Waals surface area contributed by atoms with E-state index in [-0.39, 0.29) is 36.1 Å². The lowest BCUT2D eigenvalue weighted by Gasteiger charge is -2.26. The highest BCUT2D eigenvalue weighted by molar-refractivity contribution is 7.89. The van der Waals surface area contributed by atoms with Gasteiger partial charge in [0.2, 0.25) is 10.0 Å². The number of sulfonamides is 1. The van der Waals surface area contributed by atoms with Crippen molar-refractivity contribution in [1.82, 2.24) is 9.21 Å². The van der Waals surface area contributed by atoms with E-state index in [1.807, 2.05) is 0 Å². The lowest BCUT2D eigenvalue weighted by atomic mass is 10.1. The maximum atomic E-state index is 12.8. The molecule has 27 heavy (non-hydrogen) atoms. The highest BCUT2D eigenvalue weighted by Crippen LogP contribution is 2.21. The Labute approximate surface area is 159 Å². The Balaban J connectivity index is 1.72. The van der Waals surface area contributed by atoms with Crippen molar-refractivity contribution < 1.29 is 27.5 Å². The van der Waals surface area contributed by atoms with E-state index in [1.54, 1.807) is 17.9 Å². The molecule has 0 aliphatic carbocycles. The second-order valence-corrected chi connectivity index (χ2v) is 8.60. The van der Waals surface area contributed by atoms with Gasteiger partial charge in [0.1, 0.15) is 0 Å². The van der Waals surface area contributed by atoms with Gasteiger partial charge in [-0.2, -0.15) is 4.31 Å². The second-order valence-electron chi connectivity index (χ2n) is 6.66. The van der Waals surface area contributed by atoms with Crippen molar-refractivity contribution in [2.24, 2.45) is 0 Å². The van der Waals surface area contributed by atoms with Gasteiger partial charge >= 0.3 is 5.97 Å². The van der Waals surface area contributed by atoms with Crippen LogP contribution in [-0.4, -0.2) is 75.5 Å². The van der Waals surface area contributed by atoms with Crippen LogP contribution in [0.25, 0.3) is 0 Å². The fourth-order valence-corrected chi connectivity index (χ4v) is 4.62. The molecule has 0 spiro atoms. The van der Waals surface area contributed by atoms with Gasteiger partial charge in [-0.05, 0) is 37.5 Å². The number of aryl methyl sites for hydroxylation is 1. The molecule has 2 saturated heterocycles. The summed E-state index contributed by atoms with van der Waals surface area (Å²) in [5.74, 6) is -0.922. The second kappa shape index (κ2) is 8.37. The Bertz CT molecular complexity index is 811. The predicted molar refractivity (Wildman–Crippen MR) is 96.9 cm³/mol. The molecule has 1 aromatic carbocycles. The summed E-state index contributed by atoms with van der Waals surface area (Å²) in [5.41, 5.74) is 0.744. The molecule has 8 nitrogen and oxygen atoms in total. The summed E-state index contributed by atoms with van der Waals surface area (Å²) < 4.78 is 37.2. The third-order valence-electron chi connectivity index (χ3n) is 4.82. The molecule has 0 N–H and O–H groups in total. The predicted octanol–water partition coefficient (Wildman–Crippen LogP) is 0.795. The minimum absolute atomic E-state index is 0.0350. The zero-order valence-electron chi connectivity index (χ0n) is 15.3. The topological polar surface area (TPSA) is 93.2 Å². The molecule has 0 aromatic heterocycles. The Morgan fingerprint density at radius 2 is 1.78 bits per heavy atom. The van der Waals surface area contributed by atoms with Gasteiger partial charge in [-0.3, -0.25) is 4.79 Å². The monoisotopic (exact) mass is 396 g/mol. The molecule has 2 heterocycles. The standard InChI is InChI=1S/C18H24N2O6S/c1-14-4-5-15(27(23,24)20-8-10-25-11-9-20)12-16(14)18(22)26-13-17(21)19-6-2-3-7-19/h4-5,12H,2-3,6-11,13H2,1H3. The van der Waals surface area contributed by atoms with Crippen LogP contribution in [0, 0.1) is 6.92 Å². The number of nitrogens with zero attached hydrogens (tertiary/aromatic N) is 2. The number of carbonyl (C=O) groups excluding carboxylic acids is 2. The molecule has 0 atom stereocenters. The van der Waals surface area contributed by atoms with Crippen LogP contribution in [0.4, 0.5) is 0 Å². The molecule has 2 fully saturated rings. The van der Waals surface area contributed by atoms with Crippen molar-refractivity contribution in [3.63, 3.8) is 0 Å². The summed E-state index contributed by atoms with van der Waals surface area (Å²) in [6, 6.07) is 4.38. The number of hydrogen-bond acceptors (Lipinski definition) is 6. The molecule has 0 bridgehead atoms. The number of ether oxygens (including phenoxy) is 2. The van der Waals surface area contributed by atoms with Crippen LogP contribution < -0.4 is 0 Å². The minimum Gasteiger partial charge on any atom is -0.452 e. The molecule has 3 rings (SSSR count). The van der Waals surface area contributed by atoms with Crippen LogP contribution in [0.1, 0.15) is 28.8 Å². The van der Waals surface area contributed by atoms with E-state index in [0.29, 0.717) is 31.9 Å². The summed E-state index contributed by atoms with van der Waals surface area (Å²) >= 11 is 0. The first-order chi connectivity index (χ1) is 12.9. The normalized spacial score (nSPS) is 18.5. The third kappa shape index (κ3) is 4.48. The van der Waals surface area contributed by atoms with Gasteiger partial charge in [-0.15, -0.1) is 0 Å². The van der Waals surface area contributed by atoms with E-state index < -0.39 is 16.0 Å². The van der Waals surface area contributed by atoms with E-state index >= 15 is 0 Å². The van der Waals surface area contributed by atoms with Crippen LogP contribution in [-0.2, 0) is 24.3 Å². The van der Waals surface area contributed by atoms with Crippen LogP contribution >= 0.6 is 0 Å². The molecule has 1 aromatic rings. The van der Waals surface area contributed by atoms with E-state index in [0.717, 1.165) is 12.8 Å². The summed E-state index contributed by atoms with van der Waals surface area (Å²) in [6.45, 7) is 3.98. The quantitative estimate of drug-likeness (QED) is 0.684. The first-order valence-electron chi connectivity index (χ1n) is 9.03. The molecular formula is C18H24N2O6S. The van der Waals surface area contributed by atoms with Gasteiger partial charge in [0.05, 0.1) is 23.7 Å². The zero-order chi connectivity index (χ0) is 19.4. The number of amides is 1. The number of benzene rings is 1. The van der Waals surface area contributed by atoms with E-state index in [9.17, 15) is 18.0 Å². The summed E-state index contributed by atoms with van der Waals surface area (Å²) in [5, 5.41) is 0. The van der Waals surface area contributed by atoms with Crippen LogP contribution in [0.3, 0.4) is 0 Å². The SMILES string of the molecule is Cc1ccc(S(=O)(=O)N2CCOCC2)cc1C(=O)OCC(=O)N1CCCC1. The number of rotatable bonds is 5. The summed E-state index contributed by atoms with van der Waals surface area (Å²) in [7, 11) is -3.71. The van der Waals surface area contributed by atoms with Crippen molar-refractivity contribution in [2.75, 3.05) is 46.0 Å². The number of morpholine rings is 1. The van der Waals surface area contributed by atoms with Crippen molar-refractivity contribution in [3.05, 3.63) is 29.3 Å². The van der Waals surface area contributed by atoms with E-state index in [2.05, 4.69) is 0 Å². The molecule has 1 amide bonds. The van der Waals surface area contributed by atoms with Gasteiger partial charge in [-0.25, -0.2) is 13.2 Å². The first-order valence-corrected chi connectivity index (χ1v) is 10.5. The fraction of sp³-hybridized carbons (Fsp3) is 0.556. The van der Waals surface area contributed by atoms with Gasteiger partial charge in [-0.1, -0.05) is 6.07 Å². The number of esters is 1. The molecule has 0 unspecified atom stereocenters. The smallest absolute Gasteiger partial charge is 0.338 e. The Hall–Kier alpha value is -1.97. The molecular weight excluding hydrogens is 372 g/mol. The zero-order valence-corrected chi connectivity index (χ0v) is 16.2.